The number of nitrogens with zero attached hydrogens (tertiary/aromatic N) is 1. The van der Waals surface area contributed by atoms with E-state index in [0.717, 1.165) is 25.8 Å². The summed E-state index contributed by atoms with van der Waals surface area (Å²) in [5.74, 6) is -2.31. The quantitative estimate of drug-likeness (QED) is 0.418. The van der Waals surface area contributed by atoms with Gasteiger partial charge in [-0.2, -0.15) is 0 Å². The zero-order valence-electron chi connectivity index (χ0n) is 19.4. The molecule has 0 spiro atoms. The second-order valence-corrected chi connectivity index (χ2v) is 10.6. The normalized spacial score (nSPS) is 15.6. The van der Waals surface area contributed by atoms with Crippen molar-refractivity contribution in [1.82, 2.24) is 4.57 Å². The summed E-state index contributed by atoms with van der Waals surface area (Å²) in [4.78, 5) is 40.1. The first-order chi connectivity index (χ1) is 17.3. The lowest BCUT2D eigenvalue weighted by Crippen LogP contribution is -2.42. The number of hydrogen-bond donors (Lipinski definition) is 1. The van der Waals surface area contributed by atoms with Gasteiger partial charge >= 0.3 is 11.9 Å². The molecule has 0 unspecified atom stereocenters. The van der Waals surface area contributed by atoms with Crippen molar-refractivity contribution < 1.29 is 19.1 Å². The molecule has 36 heavy (non-hydrogen) atoms. The number of carbonyl (C=O) groups is 2. The Morgan fingerprint density at radius 1 is 1.00 bits per heavy atom. The van der Waals surface area contributed by atoms with Crippen LogP contribution in [0.5, 0.6) is 0 Å². The van der Waals surface area contributed by atoms with E-state index >= 15 is 0 Å². The van der Waals surface area contributed by atoms with E-state index in [9.17, 15) is 14.4 Å². The van der Waals surface area contributed by atoms with Crippen LogP contribution in [0.2, 0.25) is 0 Å². The minimum atomic E-state index is -0.891. The van der Waals surface area contributed by atoms with Crippen molar-refractivity contribution in [2.75, 3.05) is 13.2 Å². The summed E-state index contributed by atoms with van der Waals surface area (Å²) in [6.45, 7) is 3.59. The number of aromatic nitrogens is 1. The number of hydrogen-bond acceptors (Lipinski definition) is 7. The van der Waals surface area contributed by atoms with Crippen LogP contribution in [0.15, 0.2) is 67.8 Å². The molecule has 0 fully saturated rings. The summed E-state index contributed by atoms with van der Waals surface area (Å²) in [5, 5.41) is 0. The summed E-state index contributed by atoms with van der Waals surface area (Å²) in [6, 6.07) is 14.7. The highest BCUT2D eigenvalue weighted by atomic mass is 79.9. The van der Waals surface area contributed by atoms with Gasteiger partial charge in [-0.15, -0.1) is 11.3 Å². The molecule has 1 aliphatic rings. The highest BCUT2D eigenvalue weighted by molar-refractivity contribution is 9.10. The predicted octanol–water partition coefficient (Wildman–Crippen LogP) is 3.47. The zero-order valence-corrected chi connectivity index (χ0v) is 23.4. The van der Waals surface area contributed by atoms with Gasteiger partial charge < -0.3 is 15.2 Å². The van der Waals surface area contributed by atoms with E-state index in [1.807, 2.05) is 30.3 Å². The lowest BCUT2D eigenvalue weighted by Gasteiger charge is -2.27. The van der Waals surface area contributed by atoms with Gasteiger partial charge in [-0.3, -0.25) is 9.36 Å². The molecule has 0 radical (unpaired) electrons. The Kier molecular flexibility index (Phi) is 7.97. The smallest absolute Gasteiger partial charge is 0.338 e. The molecule has 0 saturated heterocycles. The maximum absolute atomic E-state index is 13.6. The van der Waals surface area contributed by atoms with Gasteiger partial charge in [0.15, 0.2) is 0 Å². The fourth-order valence-electron chi connectivity index (χ4n) is 4.03. The van der Waals surface area contributed by atoms with Crippen LogP contribution in [0.4, 0.5) is 0 Å². The average Bonchev–Trinajstić information content (AvgIpc) is 3.15. The van der Waals surface area contributed by atoms with Gasteiger partial charge in [-0.25, -0.2) is 9.59 Å². The number of esters is 2. The van der Waals surface area contributed by atoms with E-state index in [-0.39, 0.29) is 30.2 Å². The number of nitrogens with two attached hydrogens (primary N) is 1. The maximum Gasteiger partial charge on any atom is 0.338 e. The fourth-order valence-corrected chi connectivity index (χ4v) is 6.03. The summed E-state index contributed by atoms with van der Waals surface area (Å²) in [6.07, 6.45) is 1.72. The Balaban J connectivity index is 2.12. The van der Waals surface area contributed by atoms with Gasteiger partial charge in [0.2, 0.25) is 0 Å². The topological polar surface area (TPSA) is 101 Å². The standard InChI is InChI=1S/C26H22Br2N2O5S/c1-3-34-25(32)20-19(15-8-6-10-17(28)13-15)21(26(33)35-4-2)24-30(22(20)29)23(31)18(36-24)12-14-7-5-9-16(27)11-14/h5-13,19H,3-4,29H2,1-2H3/t19-/m0/s1. The number of thiazole rings is 1. The van der Waals surface area contributed by atoms with E-state index in [1.165, 1.54) is 4.57 Å². The molecule has 7 nitrogen and oxygen atoms in total. The first-order valence-electron chi connectivity index (χ1n) is 11.1. The number of rotatable bonds is 6. The van der Waals surface area contributed by atoms with Crippen molar-refractivity contribution in [3.8, 4) is 0 Å². The molecular weight excluding hydrogens is 612 g/mol. The van der Waals surface area contributed by atoms with Gasteiger partial charge in [0.05, 0.1) is 34.8 Å². The van der Waals surface area contributed by atoms with Crippen LogP contribution in [0.25, 0.3) is 17.5 Å². The molecule has 0 amide bonds. The molecule has 0 bridgehead atoms. The van der Waals surface area contributed by atoms with Crippen LogP contribution in [0.1, 0.15) is 30.9 Å². The second-order valence-electron chi connectivity index (χ2n) is 7.75. The predicted molar refractivity (Wildman–Crippen MR) is 146 cm³/mol. The van der Waals surface area contributed by atoms with E-state index in [1.54, 1.807) is 38.1 Å². The molecule has 1 atom stereocenters. The van der Waals surface area contributed by atoms with E-state index in [4.69, 9.17) is 15.2 Å². The average molecular weight is 634 g/mol. The molecular formula is C26H22Br2N2O5S. The Bertz CT molecular complexity index is 1570. The summed E-state index contributed by atoms with van der Waals surface area (Å²) in [5.41, 5.74) is 7.65. The van der Waals surface area contributed by atoms with E-state index in [2.05, 4.69) is 31.9 Å². The molecule has 0 saturated carbocycles. The molecule has 1 aromatic heterocycles. The van der Waals surface area contributed by atoms with Gasteiger partial charge in [-0.1, -0.05) is 56.1 Å². The van der Waals surface area contributed by atoms with Gasteiger partial charge in [0.25, 0.3) is 5.56 Å². The fraction of sp³-hybridized carbons (Fsp3) is 0.192. The molecule has 2 aromatic carbocycles. The SMILES string of the molecule is CCOC(=O)C1=C(N)n2c(sc(=Cc3cccc(Br)c3)c2=O)=C(C(=O)OCC)[C@H]1c1cccc(Br)c1. The van der Waals surface area contributed by atoms with Crippen LogP contribution in [0.3, 0.4) is 0 Å². The van der Waals surface area contributed by atoms with Crippen LogP contribution in [0, 0.1) is 0 Å². The maximum atomic E-state index is 13.6. The summed E-state index contributed by atoms with van der Waals surface area (Å²) in [7, 11) is 0. The summed E-state index contributed by atoms with van der Waals surface area (Å²) >= 11 is 8.02. The summed E-state index contributed by atoms with van der Waals surface area (Å²) < 4.78 is 14.2. The molecule has 10 heteroatoms. The van der Waals surface area contributed by atoms with Crippen molar-refractivity contribution in [3.05, 3.63) is 93.7 Å². The van der Waals surface area contributed by atoms with Gasteiger partial charge in [0, 0.05) is 8.95 Å². The minimum absolute atomic E-state index is 0.0133. The van der Waals surface area contributed by atoms with Gasteiger partial charge in [-0.05, 0) is 55.3 Å². The number of ether oxygens (including phenoxy) is 2. The molecule has 0 aliphatic carbocycles. The Labute approximate surface area is 227 Å². The second kappa shape index (κ2) is 11.0. The van der Waals surface area contributed by atoms with Crippen molar-refractivity contribution in [2.24, 2.45) is 5.73 Å². The number of carbonyl (C=O) groups excluding carboxylic acids is 2. The Morgan fingerprint density at radius 2 is 1.61 bits per heavy atom. The Morgan fingerprint density at radius 3 is 2.22 bits per heavy atom. The lowest BCUT2D eigenvalue weighted by molar-refractivity contribution is -0.138. The third kappa shape index (κ3) is 4.98. The molecule has 2 N–H and O–H groups in total. The third-order valence-corrected chi connectivity index (χ3v) is 7.56. The number of halogens is 2. The van der Waals surface area contributed by atoms with Crippen LogP contribution in [-0.4, -0.2) is 29.7 Å². The van der Waals surface area contributed by atoms with Gasteiger partial charge in [0.1, 0.15) is 10.5 Å². The van der Waals surface area contributed by atoms with Crippen molar-refractivity contribution in [1.29, 1.82) is 0 Å². The highest BCUT2D eigenvalue weighted by Crippen LogP contribution is 2.38. The molecule has 4 rings (SSSR count). The molecule has 3 aromatic rings. The Hall–Kier alpha value is -2.95. The number of benzene rings is 2. The van der Waals surface area contributed by atoms with Crippen molar-refractivity contribution in [3.63, 3.8) is 0 Å². The van der Waals surface area contributed by atoms with Crippen LogP contribution in [-0.2, 0) is 19.1 Å². The monoisotopic (exact) mass is 632 g/mol. The highest BCUT2D eigenvalue weighted by Gasteiger charge is 2.40. The first-order valence-corrected chi connectivity index (χ1v) is 13.5. The largest absolute Gasteiger partial charge is 0.463 e. The van der Waals surface area contributed by atoms with Crippen LogP contribution >= 0.6 is 43.2 Å². The third-order valence-electron chi connectivity index (χ3n) is 5.47. The van der Waals surface area contributed by atoms with E-state index < -0.39 is 23.4 Å². The van der Waals surface area contributed by atoms with Crippen molar-refractivity contribution in [2.45, 2.75) is 19.8 Å². The first kappa shape index (κ1) is 26.1. The van der Waals surface area contributed by atoms with Crippen LogP contribution < -0.4 is 20.5 Å². The van der Waals surface area contributed by atoms with Crippen molar-refractivity contribution >= 4 is 72.6 Å². The number of fused-ring (bicyclic) bond motifs is 1. The molecule has 186 valence electrons. The minimum Gasteiger partial charge on any atom is -0.463 e. The molecule has 1 aliphatic heterocycles. The van der Waals surface area contributed by atoms with E-state index in [0.29, 0.717) is 14.8 Å². The molecule has 2 heterocycles. The zero-order chi connectivity index (χ0) is 26.0. The lowest BCUT2D eigenvalue weighted by atomic mass is 9.83.